The molecule has 2 nitrogen and oxygen atoms in total. The van der Waals surface area contributed by atoms with Crippen LogP contribution in [0, 0.1) is 0 Å². The molecule has 3 rings (SSSR count). The minimum atomic E-state index is 0.170. The number of ketones is 1. The van der Waals surface area contributed by atoms with Crippen LogP contribution in [-0.4, -0.2) is 11.5 Å². The first-order valence-corrected chi connectivity index (χ1v) is 6.83. The molecule has 0 spiro atoms. The monoisotopic (exact) mass is 271 g/mol. The lowest BCUT2D eigenvalue weighted by Gasteiger charge is -2.02. The minimum absolute atomic E-state index is 0.170. The van der Waals surface area contributed by atoms with E-state index in [-0.39, 0.29) is 5.78 Å². The van der Waals surface area contributed by atoms with Crippen LogP contribution in [0.25, 0.3) is 5.57 Å². The Morgan fingerprint density at radius 3 is 2.95 bits per heavy atom. The van der Waals surface area contributed by atoms with Gasteiger partial charge in [0.05, 0.1) is 0 Å². The number of nitrogens with zero attached hydrogens (tertiary/aromatic N) is 1. The zero-order chi connectivity index (χ0) is 13.4. The van der Waals surface area contributed by atoms with E-state index >= 15 is 0 Å². The van der Waals surface area contributed by atoms with E-state index in [0.717, 1.165) is 35.1 Å². The summed E-state index contributed by atoms with van der Waals surface area (Å²) in [4.78, 5) is 16.5. The van der Waals surface area contributed by atoms with E-state index in [0.29, 0.717) is 11.4 Å². The Morgan fingerprint density at radius 2 is 2.21 bits per heavy atom. The molecule has 1 heterocycles. The second-order valence-electron chi connectivity index (χ2n) is 4.89. The quantitative estimate of drug-likeness (QED) is 0.748. The Labute approximate surface area is 117 Å². The number of fused-ring (bicyclic) bond motifs is 1. The van der Waals surface area contributed by atoms with Gasteiger partial charge in [-0.05, 0) is 41.3 Å². The number of benzene rings is 1. The highest BCUT2D eigenvalue weighted by Crippen LogP contribution is 2.33. The lowest BCUT2D eigenvalue weighted by molar-refractivity contribution is -0.112. The van der Waals surface area contributed by atoms with Gasteiger partial charge in [-0.15, -0.1) is 0 Å². The molecule has 2 aliphatic rings. The Balaban J connectivity index is 1.95. The van der Waals surface area contributed by atoms with E-state index in [2.05, 4.69) is 11.9 Å². The molecule has 1 aromatic rings. The molecule has 1 aliphatic heterocycles. The van der Waals surface area contributed by atoms with E-state index in [1.165, 1.54) is 5.71 Å². The molecule has 0 bridgehead atoms. The molecule has 0 atom stereocenters. The fraction of sp³-hybridized carbons (Fsp3) is 0.250. The Bertz CT molecular complexity index is 653. The fourth-order valence-corrected chi connectivity index (χ4v) is 2.69. The van der Waals surface area contributed by atoms with E-state index in [4.69, 9.17) is 11.6 Å². The summed E-state index contributed by atoms with van der Waals surface area (Å²) in [7, 11) is 0. The zero-order valence-corrected chi connectivity index (χ0v) is 11.5. The van der Waals surface area contributed by atoms with Gasteiger partial charge in [-0.2, -0.15) is 0 Å². The molecule has 0 saturated carbocycles. The maximum atomic E-state index is 12.1. The smallest absolute Gasteiger partial charge is 0.167 e. The number of carbonyl (C=O) groups is 1. The van der Waals surface area contributed by atoms with Gasteiger partial charge in [0.1, 0.15) is 0 Å². The number of aliphatic imine (C=N–C) groups is 1. The van der Waals surface area contributed by atoms with Crippen molar-refractivity contribution in [2.24, 2.45) is 4.99 Å². The van der Waals surface area contributed by atoms with Gasteiger partial charge in [-0.3, -0.25) is 9.79 Å². The second kappa shape index (κ2) is 4.78. The van der Waals surface area contributed by atoms with Crippen molar-refractivity contribution in [1.82, 2.24) is 0 Å². The minimum Gasteiger partial charge on any atom is -0.294 e. The van der Waals surface area contributed by atoms with Crippen LogP contribution in [0.2, 0.25) is 5.02 Å². The lowest BCUT2D eigenvalue weighted by Crippen LogP contribution is -1.96. The van der Waals surface area contributed by atoms with E-state index < -0.39 is 0 Å². The number of Topliss-reactive ketones (excluding diaryl/α,β-unsaturated/α-hetero) is 1. The largest absolute Gasteiger partial charge is 0.294 e. The van der Waals surface area contributed by atoms with Gasteiger partial charge < -0.3 is 0 Å². The number of carbonyl (C=O) groups excluding carboxylic acids is 1. The van der Waals surface area contributed by atoms with Crippen molar-refractivity contribution in [3.63, 3.8) is 0 Å². The van der Waals surface area contributed by atoms with Crippen LogP contribution >= 0.6 is 11.6 Å². The van der Waals surface area contributed by atoms with Gasteiger partial charge >= 0.3 is 0 Å². The normalized spacial score (nSPS) is 19.7. The average Bonchev–Trinajstić information content (AvgIpc) is 2.96. The summed E-state index contributed by atoms with van der Waals surface area (Å²) in [5.74, 6) is 0.170. The van der Waals surface area contributed by atoms with Crippen LogP contribution in [0.1, 0.15) is 30.9 Å². The highest BCUT2D eigenvalue weighted by molar-refractivity contribution is 6.32. The summed E-state index contributed by atoms with van der Waals surface area (Å²) in [5.41, 5.74) is 5.09. The highest BCUT2D eigenvalue weighted by Gasteiger charge is 2.25. The van der Waals surface area contributed by atoms with Crippen molar-refractivity contribution in [3.8, 4) is 0 Å². The van der Waals surface area contributed by atoms with Crippen molar-refractivity contribution >= 4 is 28.7 Å². The van der Waals surface area contributed by atoms with E-state index in [9.17, 15) is 4.79 Å². The molecule has 0 N–H and O–H groups in total. The summed E-state index contributed by atoms with van der Waals surface area (Å²) in [6.07, 6.45) is 6.12. The van der Waals surface area contributed by atoms with Gasteiger partial charge in [0.25, 0.3) is 0 Å². The first-order chi connectivity index (χ1) is 9.17. The number of halogens is 1. The Kier molecular flexibility index (Phi) is 3.11. The molecule has 0 radical (unpaired) electrons. The molecule has 0 unspecified atom stereocenters. The van der Waals surface area contributed by atoms with E-state index in [1.807, 2.05) is 30.5 Å². The molecule has 1 aromatic carbocycles. The topological polar surface area (TPSA) is 29.4 Å². The fourth-order valence-electron chi connectivity index (χ4n) is 2.52. The van der Waals surface area contributed by atoms with Gasteiger partial charge in [0.2, 0.25) is 0 Å². The van der Waals surface area contributed by atoms with E-state index in [1.54, 1.807) is 0 Å². The first-order valence-electron chi connectivity index (χ1n) is 6.45. The summed E-state index contributed by atoms with van der Waals surface area (Å²) >= 11 is 6.02. The molecule has 0 saturated heterocycles. The van der Waals surface area contributed by atoms with Crippen LogP contribution in [0.5, 0.6) is 0 Å². The average molecular weight is 272 g/mol. The SMILES string of the molecule is CCC1=NC=C(/C=C2\C(=O)Cc3ccc(Cl)cc32)C1. The predicted molar refractivity (Wildman–Crippen MR) is 78.6 cm³/mol. The third kappa shape index (κ3) is 2.28. The second-order valence-corrected chi connectivity index (χ2v) is 5.33. The molecule has 0 amide bonds. The highest BCUT2D eigenvalue weighted by atomic mass is 35.5. The predicted octanol–water partition coefficient (Wildman–Crippen LogP) is 3.99. The summed E-state index contributed by atoms with van der Waals surface area (Å²) < 4.78 is 0. The number of rotatable bonds is 2. The summed E-state index contributed by atoms with van der Waals surface area (Å²) in [6, 6.07) is 5.65. The molecule has 0 fully saturated rings. The number of hydrogen-bond acceptors (Lipinski definition) is 2. The van der Waals surface area contributed by atoms with Gasteiger partial charge in [-0.25, -0.2) is 0 Å². The molecule has 3 heteroatoms. The summed E-state index contributed by atoms with van der Waals surface area (Å²) in [5, 5.41) is 0.672. The van der Waals surface area contributed by atoms with Gasteiger partial charge in [0, 0.05) is 35.3 Å². The Hall–Kier alpha value is -1.67. The number of hydrogen-bond donors (Lipinski definition) is 0. The standard InChI is InChI=1S/C16H14ClNO/c1-2-13-5-10(9-18-13)6-15-14-8-12(17)4-3-11(14)7-16(15)19/h3-4,6,8-9H,2,5,7H2,1H3/b15-6-. The maximum Gasteiger partial charge on any atom is 0.167 e. The van der Waals surface area contributed by atoms with Gasteiger partial charge in [-0.1, -0.05) is 24.6 Å². The van der Waals surface area contributed by atoms with Crippen molar-refractivity contribution in [1.29, 1.82) is 0 Å². The molecule has 96 valence electrons. The van der Waals surface area contributed by atoms with Crippen LogP contribution in [0.15, 0.2) is 41.0 Å². The van der Waals surface area contributed by atoms with Crippen LogP contribution in [0.3, 0.4) is 0 Å². The number of allylic oxidation sites excluding steroid dienone is 3. The van der Waals surface area contributed by atoms with Crippen LogP contribution < -0.4 is 0 Å². The maximum absolute atomic E-state index is 12.1. The van der Waals surface area contributed by atoms with Crippen molar-refractivity contribution in [2.75, 3.05) is 0 Å². The van der Waals surface area contributed by atoms with Crippen LogP contribution in [-0.2, 0) is 11.2 Å². The molecular weight excluding hydrogens is 258 g/mol. The van der Waals surface area contributed by atoms with Crippen molar-refractivity contribution < 1.29 is 4.79 Å². The van der Waals surface area contributed by atoms with Gasteiger partial charge in [0.15, 0.2) is 5.78 Å². The third-order valence-corrected chi connectivity index (χ3v) is 3.81. The van der Waals surface area contributed by atoms with Crippen molar-refractivity contribution in [2.45, 2.75) is 26.2 Å². The third-order valence-electron chi connectivity index (χ3n) is 3.57. The Morgan fingerprint density at radius 1 is 1.37 bits per heavy atom. The molecule has 0 aromatic heterocycles. The first kappa shape index (κ1) is 12.4. The zero-order valence-electron chi connectivity index (χ0n) is 10.7. The van der Waals surface area contributed by atoms with Crippen LogP contribution in [0.4, 0.5) is 0 Å². The molecular formula is C16H14ClNO. The molecule has 1 aliphatic carbocycles. The van der Waals surface area contributed by atoms with Crippen molar-refractivity contribution in [3.05, 3.63) is 52.2 Å². The molecule has 19 heavy (non-hydrogen) atoms. The summed E-state index contributed by atoms with van der Waals surface area (Å²) in [6.45, 7) is 2.10. The lowest BCUT2D eigenvalue weighted by atomic mass is 10.0.